The summed E-state index contributed by atoms with van der Waals surface area (Å²) in [4.78, 5) is 0. The lowest BCUT2D eigenvalue weighted by Crippen LogP contribution is -2.41. The van der Waals surface area contributed by atoms with Crippen molar-refractivity contribution in [2.75, 3.05) is 6.54 Å². The van der Waals surface area contributed by atoms with Crippen LogP contribution in [-0.2, 0) is 0 Å². The topological polar surface area (TPSA) is 12.0 Å². The van der Waals surface area contributed by atoms with Gasteiger partial charge >= 0.3 is 0 Å². The van der Waals surface area contributed by atoms with Gasteiger partial charge in [-0.25, -0.2) is 0 Å². The molecule has 14 heavy (non-hydrogen) atoms. The summed E-state index contributed by atoms with van der Waals surface area (Å²) in [5, 5.41) is 3.68. The Balaban J connectivity index is 2.61. The molecular weight excluding hydrogens is 170 g/mol. The average Bonchev–Trinajstić information content (AvgIpc) is 2.55. The lowest BCUT2D eigenvalue weighted by Gasteiger charge is -2.33. The Bertz CT molecular complexity index is 198. The van der Waals surface area contributed by atoms with Crippen LogP contribution in [0, 0.1) is 5.41 Å². The first-order valence-corrected chi connectivity index (χ1v) is 5.98. The maximum absolute atomic E-state index is 3.68. The summed E-state index contributed by atoms with van der Waals surface area (Å²) >= 11 is 0. The van der Waals surface area contributed by atoms with Crippen molar-refractivity contribution in [1.29, 1.82) is 0 Å². The van der Waals surface area contributed by atoms with Gasteiger partial charge in [0.25, 0.3) is 0 Å². The zero-order valence-corrected chi connectivity index (χ0v) is 10.2. The van der Waals surface area contributed by atoms with Gasteiger partial charge in [0.15, 0.2) is 0 Å². The van der Waals surface area contributed by atoms with Gasteiger partial charge in [-0.15, -0.1) is 0 Å². The van der Waals surface area contributed by atoms with Crippen LogP contribution in [0.25, 0.3) is 0 Å². The summed E-state index contributed by atoms with van der Waals surface area (Å²) in [6, 6.07) is 0.588. The summed E-state index contributed by atoms with van der Waals surface area (Å²) in [5.41, 5.74) is 2.00. The molecule has 1 atom stereocenters. The van der Waals surface area contributed by atoms with Crippen molar-refractivity contribution in [3.05, 3.63) is 11.6 Å². The first kappa shape index (κ1) is 11.8. The molecule has 0 aliphatic heterocycles. The van der Waals surface area contributed by atoms with E-state index in [2.05, 4.69) is 39.1 Å². The zero-order valence-electron chi connectivity index (χ0n) is 10.2. The van der Waals surface area contributed by atoms with Crippen molar-refractivity contribution in [2.24, 2.45) is 5.41 Å². The smallest absolute Gasteiger partial charge is 0.0328 e. The molecule has 0 radical (unpaired) electrons. The molecule has 0 saturated carbocycles. The van der Waals surface area contributed by atoms with E-state index in [1.54, 1.807) is 5.57 Å². The van der Waals surface area contributed by atoms with Gasteiger partial charge in [-0.1, -0.05) is 39.3 Å². The summed E-state index contributed by atoms with van der Waals surface area (Å²) in [6.45, 7) is 10.4. The highest BCUT2D eigenvalue weighted by molar-refractivity contribution is 5.18. The summed E-state index contributed by atoms with van der Waals surface area (Å²) in [6.07, 6.45) is 7.61. The number of nitrogens with one attached hydrogen (secondary N) is 1. The van der Waals surface area contributed by atoms with Crippen molar-refractivity contribution in [3.8, 4) is 0 Å². The van der Waals surface area contributed by atoms with Crippen LogP contribution in [0.15, 0.2) is 11.6 Å². The molecule has 1 aliphatic rings. The summed E-state index contributed by atoms with van der Waals surface area (Å²) in [7, 11) is 0. The van der Waals surface area contributed by atoms with Gasteiger partial charge in [0.1, 0.15) is 0 Å². The van der Waals surface area contributed by atoms with E-state index < -0.39 is 0 Å². The van der Waals surface area contributed by atoms with Crippen LogP contribution in [0.5, 0.6) is 0 Å². The SMILES string of the molecule is CCCNC(C1=CCCC1)C(C)(C)C. The van der Waals surface area contributed by atoms with E-state index in [4.69, 9.17) is 0 Å². The van der Waals surface area contributed by atoms with Crippen LogP contribution in [0.2, 0.25) is 0 Å². The van der Waals surface area contributed by atoms with E-state index in [0.717, 1.165) is 6.54 Å². The lowest BCUT2D eigenvalue weighted by molar-refractivity contribution is 0.298. The van der Waals surface area contributed by atoms with Crippen LogP contribution < -0.4 is 5.32 Å². The quantitative estimate of drug-likeness (QED) is 0.677. The molecule has 0 bridgehead atoms. The molecule has 0 aromatic heterocycles. The van der Waals surface area contributed by atoms with Gasteiger partial charge in [-0.3, -0.25) is 0 Å². The molecule has 0 amide bonds. The minimum absolute atomic E-state index is 0.353. The third-order valence-corrected chi connectivity index (χ3v) is 2.91. The van der Waals surface area contributed by atoms with E-state index in [9.17, 15) is 0 Å². The lowest BCUT2D eigenvalue weighted by atomic mass is 9.81. The summed E-state index contributed by atoms with van der Waals surface area (Å²) in [5.74, 6) is 0. The second-order valence-electron chi connectivity index (χ2n) is 5.42. The highest BCUT2D eigenvalue weighted by atomic mass is 14.9. The number of rotatable bonds is 4. The fraction of sp³-hybridized carbons (Fsp3) is 0.846. The van der Waals surface area contributed by atoms with Crippen molar-refractivity contribution >= 4 is 0 Å². The van der Waals surface area contributed by atoms with Gasteiger partial charge in [0, 0.05) is 6.04 Å². The van der Waals surface area contributed by atoms with Crippen molar-refractivity contribution < 1.29 is 0 Å². The molecule has 82 valence electrons. The molecule has 1 rings (SSSR count). The molecule has 1 N–H and O–H groups in total. The van der Waals surface area contributed by atoms with Crippen LogP contribution in [0.1, 0.15) is 53.4 Å². The van der Waals surface area contributed by atoms with E-state index in [-0.39, 0.29) is 0 Å². The average molecular weight is 195 g/mol. The molecule has 0 aromatic carbocycles. The van der Waals surface area contributed by atoms with E-state index >= 15 is 0 Å². The Morgan fingerprint density at radius 2 is 2.14 bits per heavy atom. The normalized spacial score (nSPS) is 19.6. The molecular formula is C13H25N. The number of hydrogen-bond donors (Lipinski definition) is 1. The van der Waals surface area contributed by atoms with Crippen LogP contribution >= 0.6 is 0 Å². The Morgan fingerprint density at radius 1 is 1.43 bits per heavy atom. The van der Waals surface area contributed by atoms with Gasteiger partial charge in [0.2, 0.25) is 0 Å². The Kier molecular flexibility index (Phi) is 4.18. The fourth-order valence-electron chi connectivity index (χ4n) is 2.24. The number of allylic oxidation sites excluding steroid dienone is 1. The molecule has 0 spiro atoms. The van der Waals surface area contributed by atoms with Crippen LogP contribution in [0.3, 0.4) is 0 Å². The Hall–Kier alpha value is -0.300. The molecule has 1 aliphatic carbocycles. The van der Waals surface area contributed by atoms with E-state index in [1.807, 2.05) is 0 Å². The monoisotopic (exact) mass is 195 g/mol. The first-order valence-electron chi connectivity index (χ1n) is 5.98. The largest absolute Gasteiger partial charge is 0.310 e. The molecule has 1 unspecified atom stereocenters. The van der Waals surface area contributed by atoms with Crippen LogP contribution in [-0.4, -0.2) is 12.6 Å². The fourth-order valence-corrected chi connectivity index (χ4v) is 2.24. The Morgan fingerprint density at radius 3 is 2.57 bits per heavy atom. The van der Waals surface area contributed by atoms with Gasteiger partial charge < -0.3 is 5.32 Å². The zero-order chi connectivity index (χ0) is 10.6. The van der Waals surface area contributed by atoms with Crippen molar-refractivity contribution in [1.82, 2.24) is 5.32 Å². The third-order valence-electron chi connectivity index (χ3n) is 2.91. The standard InChI is InChI=1S/C13H25N/c1-5-10-14-12(13(2,3)4)11-8-6-7-9-11/h8,12,14H,5-7,9-10H2,1-4H3. The van der Waals surface area contributed by atoms with Crippen molar-refractivity contribution in [2.45, 2.75) is 59.4 Å². The highest BCUT2D eigenvalue weighted by Crippen LogP contribution is 2.31. The highest BCUT2D eigenvalue weighted by Gasteiger charge is 2.27. The van der Waals surface area contributed by atoms with Crippen molar-refractivity contribution in [3.63, 3.8) is 0 Å². The van der Waals surface area contributed by atoms with Gasteiger partial charge in [-0.2, -0.15) is 0 Å². The Labute approximate surface area is 89.0 Å². The molecule has 0 aromatic rings. The van der Waals surface area contributed by atoms with Gasteiger partial charge in [0.05, 0.1) is 0 Å². The van der Waals surface area contributed by atoms with Gasteiger partial charge in [-0.05, 0) is 37.6 Å². The third kappa shape index (κ3) is 3.13. The molecule has 0 heterocycles. The minimum atomic E-state index is 0.353. The molecule has 1 nitrogen and oxygen atoms in total. The van der Waals surface area contributed by atoms with E-state index in [1.165, 1.54) is 25.7 Å². The maximum atomic E-state index is 3.68. The first-order chi connectivity index (χ1) is 6.55. The van der Waals surface area contributed by atoms with E-state index in [0.29, 0.717) is 11.5 Å². The predicted molar refractivity (Wildman–Crippen MR) is 63.5 cm³/mol. The second-order valence-corrected chi connectivity index (χ2v) is 5.42. The second kappa shape index (κ2) is 4.97. The minimum Gasteiger partial charge on any atom is -0.310 e. The number of hydrogen-bond acceptors (Lipinski definition) is 1. The molecule has 0 saturated heterocycles. The van der Waals surface area contributed by atoms with Crippen LogP contribution in [0.4, 0.5) is 0 Å². The molecule has 1 heteroatoms. The summed E-state index contributed by atoms with van der Waals surface area (Å²) < 4.78 is 0. The predicted octanol–water partition coefficient (Wildman–Crippen LogP) is 3.51. The molecule has 0 fully saturated rings. The maximum Gasteiger partial charge on any atom is 0.0328 e.